The third-order valence-electron chi connectivity index (χ3n) is 7.65. The van der Waals surface area contributed by atoms with Crippen LogP contribution in [0, 0.1) is 5.92 Å². The topological polar surface area (TPSA) is 90.9 Å². The van der Waals surface area contributed by atoms with Gasteiger partial charge in [0.25, 0.3) is 0 Å². The average molecular weight is 521 g/mol. The lowest BCUT2D eigenvalue weighted by molar-refractivity contribution is -0.128. The Morgan fingerprint density at radius 1 is 1.18 bits per heavy atom. The summed E-state index contributed by atoms with van der Waals surface area (Å²) >= 11 is 0. The minimum absolute atomic E-state index is 0. The van der Waals surface area contributed by atoms with Crippen molar-refractivity contribution < 1.29 is 14.3 Å². The number of rotatable bonds is 9. The highest BCUT2D eigenvalue weighted by atomic mass is 16.6. The first-order chi connectivity index (χ1) is 18.0. The molecule has 2 atom stereocenters. The molecule has 38 heavy (non-hydrogen) atoms. The molecule has 1 saturated heterocycles. The Hall–Kier alpha value is -3.46. The predicted octanol–water partition coefficient (Wildman–Crippen LogP) is 4.93. The molecule has 2 amide bonds. The van der Waals surface area contributed by atoms with Crippen LogP contribution in [0.3, 0.4) is 0 Å². The fourth-order valence-corrected chi connectivity index (χ4v) is 5.22. The lowest BCUT2D eigenvalue weighted by Gasteiger charge is -2.39. The van der Waals surface area contributed by atoms with Crippen LogP contribution in [0.2, 0.25) is 0 Å². The Bertz CT molecular complexity index is 1140. The monoisotopic (exact) mass is 520 g/mol. The van der Waals surface area contributed by atoms with Crippen molar-refractivity contribution in [3.8, 4) is 0 Å². The zero-order valence-electron chi connectivity index (χ0n) is 21.7. The number of hydrogen-bond donors (Lipinski definition) is 1. The van der Waals surface area contributed by atoms with Gasteiger partial charge in [0, 0.05) is 45.0 Å². The van der Waals surface area contributed by atoms with Crippen molar-refractivity contribution >= 4 is 23.8 Å². The van der Waals surface area contributed by atoms with Crippen LogP contribution >= 0.6 is 0 Å². The van der Waals surface area contributed by atoms with Gasteiger partial charge in [0.2, 0.25) is 11.9 Å². The van der Waals surface area contributed by atoms with Crippen molar-refractivity contribution in [2.75, 3.05) is 42.9 Å². The number of anilines is 2. The molecule has 2 aliphatic heterocycles. The number of hydrogen-bond acceptors (Lipinski definition) is 7. The quantitative estimate of drug-likeness (QED) is 0.469. The predicted molar refractivity (Wildman–Crippen MR) is 149 cm³/mol. The average Bonchev–Trinajstić information content (AvgIpc) is 3.76. The van der Waals surface area contributed by atoms with Gasteiger partial charge in [0.1, 0.15) is 12.4 Å². The standard InChI is InChI=1S/C28H36N6O3.CH4/c1-4-25(35)33-14-12-32(13-15-33)24(16-20-6-7-20)22-10-8-21(9-11-22)19(3)30-27-29-17-23-18-37-28(36)34(5-2)26(23)31-27;/h4,8-11,17,19-20,24H,1,5-7,12-16,18H2,2-3H3,(H,29,30,31);1H4/t19-,24-;/m0./s1. The van der Waals surface area contributed by atoms with Crippen molar-refractivity contribution in [2.24, 2.45) is 5.92 Å². The number of ether oxygens (including phenoxy) is 1. The highest BCUT2D eigenvalue weighted by Gasteiger charge is 2.32. The molecule has 0 radical (unpaired) electrons. The van der Waals surface area contributed by atoms with Crippen LogP contribution < -0.4 is 10.2 Å². The van der Waals surface area contributed by atoms with Crippen LogP contribution in [0.15, 0.2) is 43.1 Å². The fraction of sp³-hybridized carbons (Fsp3) is 0.517. The molecule has 3 heterocycles. The smallest absolute Gasteiger partial charge is 0.415 e. The SMILES string of the molecule is C.C=CC(=O)N1CCN([C@@H](CC2CC2)c2ccc([C@H](C)Nc3ncc4c(n3)N(CC)C(=O)OC4)cc2)CC1. The van der Waals surface area contributed by atoms with Gasteiger partial charge in [-0.3, -0.25) is 14.6 Å². The second kappa shape index (κ2) is 11.9. The third kappa shape index (κ3) is 5.99. The van der Waals surface area contributed by atoms with Gasteiger partial charge in [-0.1, -0.05) is 51.1 Å². The summed E-state index contributed by atoms with van der Waals surface area (Å²) in [6.45, 7) is 11.6. The summed E-state index contributed by atoms with van der Waals surface area (Å²) in [5.41, 5.74) is 3.28. The van der Waals surface area contributed by atoms with Crippen molar-refractivity contribution in [1.82, 2.24) is 19.8 Å². The van der Waals surface area contributed by atoms with E-state index in [1.54, 1.807) is 6.20 Å². The van der Waals surface area contributed by atoms with Gasteiger partial charge in [-0.25, -0.2) is 9.78 Å². The van der Waals surface area contributed by atoms with Crippen LogP contribution in [-0.2, 0) is 16.1 Å². The van der Waals surface area contributed by atoms with Crippen molar-refractivity contribution in [3.63, 3.8) is 0 Å². The summed E-state index contributed by atoms with van der Waals surface area (Å²) in [7, 11) is 0. The molecule has 1 aromatic heterocycles. The molecule has 5 rings (SSSR count). The molecule has 204 valence electrons. The van der Waals surface area contributed by atoms with E-state index in [2.05, 4.69) is 58.0 Å². The number of nitrogens with one attached hydrogen (secondary N) is 1. The van der Waals surface area contributed by atoms with Crippen molar-refractivity contribution in [3.05, 3.63) is 59.8 Å². The summed E-state index contributed by atoms with van der Waals surface area (Å²) in [5.74, 6) is 1.92. The minimum Gasteiger partial charge on any atom is -0.444 e. The number of cyclic esters (lactones) is 1. The van der Waals surface area contributed by atoms with E-state index < -0.39 is 0 Å². The summed E-state index contributed by atoms with van der Waals surface area (Å²) in [6, 6.07) is 9.20. The van der Waals surface area contributed by atoms with E-state index in [1.165, 1.54) is 35.8 Å². The molecule has 0 bridgehead atoms. The van der Waals surface area contributed by atoms with Crippen LogP contribution in [0.25, 0.3) is 0 Å². The van der Waals surface area contributed by atoms with Crippen LogP contribution in [0.5, 0.6) is 0 Å². The summed E-state index contributed by atoms with van der Waals surface area (Å²) in [4.78, 5) is 39.1. The molecule has 1 aromatic carbocycles. The first-order valence-electron chi connectivity index (χ1n) is 13.3. The maximum Gasteiger partial charge on any atom is 0.415 e. The van der Waals surface area contributed by atoms with Crippen molar-refractivity contribution in [2.45, 2.75) is 59.2 Å². The summed E-state index contributed by atoms with van der Waals surface area (Å²) < 4.78 is 5.18. The molecule has 2 aromatic rings. The second-order valence-corrected chi connectivity index (χ2v) is 10.1. The maximum atomic E-state index is 12.1. The van der Waals surface area contributed by atoms with Gasteiger partial charge in [0.15, 0.2) is 0 Å². The lowest BCUT2D eigenvalue weighted by atomic mass is 9.96. The number of amides is 2. The molecule has 1 aliphatic carbocycles. The number of nitrogens with zero attached hydrogens (tertiary/aromatic N) is 5. The number of aromatic nitrogens is 2. The number of carbonyl (C=O) groups is 2. The van der Waals surface area contributed by atoms with Crippen LogP contribution in [0.4, 0.5) is 16.6 Å². The molecular weight excluding hydrogens is 480 g/mol. The molecule has 3 aliphatic rings. The van der Waals surface area contributed by atoms with E-state index in [9.17, 15) is 9.59 Å². The van der Waals surface area contributed by atoms with Gasteiger partial charge in [-0.05, 0) is 43.4 Å². The molecule has 9 heteroatoms. The highest BCUT2D eigenvalue weighted by molar-refractivity contribution is 5.89. The first-order valence-corrected chi connectivity index (χ1v) is 13.3. The third-order valence-corrected chi connectivity index (χ3v) is 7.65. The zero-order chi connectivity index (χ0) is 25.9. The second-order valence-electron chi connectivity index (χ2n) is 10.1. The molecule has 9 nitrogen and oxygen atoms in total. The van der Waals surface area contributed by atoms with Gasteiger partial charge in [-0.15, -0.1) is 0 Å². The lowest BCUT2D eigenvalue weighted by Crippen LogP contribution is -2.49. The van der Waals surface area contributed by atoms with Crippen LogP contribution in [0.1, 0.15) is 69.3 Å². The summed E-state index contributed by atoms with van der Waals surface area (Å²) in [5, 5.41) is 3.39. The largest absolute Gasteiger partial charge is 0.444 e. The van der Waals surface area contributed by atoms with Gasteiger partial charge >= 0.3 is 6.09 Å². The van der Waals surface area contributed by atoms with Crippen molar-refractivity contribution in [1.29, 1.82) is 0 Å². The normalized spacial score (nSPS) is 19.1. The Labute approximate surface area is 225 Å². The number of fused-ring (bicyclic) bond motifs is 1. The fourth-order valence-electron chi connectivity index (χ4n) is 5.22. The Morgan fingerprint density at radius 2 is 1.87 bits per heavy atom. The van der Waals surface area contributed by atoms with E-state index in [0.29, 0.717) is 24.4 Å². The molecule has 1 saturated carbocycles. The van der Waals surface area contributed by atoms with Gasteiger partial charge in [-0.2, -0.15) is 4.98 Å². The molecular formula is C29H40N6O3. The Kier molecular flexibility index (Phi) is 8.66. The van der Waals surface area contributed by atoms with E-state index in [-0.39, 0.29) is 32.1 Å². The number of carbonyl (C=O) groups excluding carboxylic acids is 2. The minimum atomic E-state index is -0.377. The summed E-state index contributed by atoms with van der Waals surface area (Å²) in [6.07, 6.45) is 6.56. The molecule has 1 N–H and O–H groups in total. The van der Waals surface area contributed by atoms with E-state index in [4.69, 9.17) is 4.74 Å². The van der Waals surface area contributed by atoms with E-state index in [0.717, 1.165) is 43.2 Å². The maximum absolute atomic E-state index is 12.1. The van der Waals surface area contributed by atoms with Gasteiger partial charge < -0.3 is 15.0 Å². The number of piperazine rings is 1. The zero-order valence-corrected chi connectivity index (χ0v) is 21.7. The van der Waals surface area contributed by atoms with Crippen LogP contribution in [-0.4, -0.2) is 64.5 Å². The molecule has 0 unspecified atom stereocenters. The molecule has 0 spiro atoms. The molecule has 2 fully saturated rings. The van der Waals surface area contributed by atoms with E-state index >= 15 is 0 Å². The highest BCUT2D eigenvalue weighted by Crippen LogP contribution is 2.40. The first kappa shape index (κ1) is 27.6. The van der Waals surface area contributed by atoms with E-state index in [1.807, 2.05) is 11.8 Å². The Balaban J connectivity index is 0.00000336. The van der Waals surface area contributed by atoms with Gasteiger partial charge in [0.05, 0.1) is 11.6 Å². The number of benzene rings is 1. The Morgan fingerprint density at radius 3 is 2.50 bits per heavy atom.